The number of likely N-dealkylation sites (tertiary alicyclic amines) is 1. The lowest BCUT2D eigenvalue weighted by molar-refractivity contribution is 0.196. The van der Waals surface area contributed by atoms with Gasteiger partial charge in [-0.2, -0.15) is 0 Å². The van der Waals surface area contributed by atoms with E-state index in [9.17, 15) is 4.79 Å². The van der Waals surface area contributed by atoms with Crippen LogP contribution in [0.2, 0.25) is 0 Å². The van der Waals surface area contributed by atoms with Crippen molar-refractivity contribution in [2.75, 3.05) is 37.3 Å². The first kappa shape index (κ1) is 15.6. The molecular formula is C16H26N4O. The van der Waals surface area contributed by atoms with Gasteiger partial charge in [-0.3, -0.25) is 0 Å². The summed E-state index contributed by atoms with van der Waals surface area (Å²) in [4.78, 5) is 14.5. The van der Waals surface area contributed by atoms with E-state index in [1.54, 1.807) is 0 Å². The Labute approximate surface area is 127 Å². The Kier molecular flexibility index (Phi) is 5.87. The molecule has 1 saturated heterocycles. The molecule has 1 aliphatic rings. The lowest BCUT2D eigenvalue weighted by Crippen LogP contribution is -2.46. The lowest BCUT2D eigenvalue weighted by Gasteiger charge is -2.32. The van der Waals surface area contributed by atoms with Gasteiger partial charge in [0.1, 0.15) is 0 Å². The normalized spacial score (nSPS) is 16.5. The maximum atomic E-state index is 12.0. The number of anilines is 2. The molecule has 3 N–H and O–H groups in total. The minimum Gasteiger partial charge on any atom is -0.388 e. The van der Waals surface area contributed by atoms with Crippen molar-refractivity contribution >= 4 is 17.4 Å². The largest absolute Gasteiger partial charge is 0.388 e. The maximum absolute atomic E-state index is 12.0. The van der Waals surface area contributed by atoms with Crippen molar-refractivity contribution in [3.8, 4) is 0 Å². The second-order valence-electron chi connectivity index (χ2n) is 5.54. The van der Waals surface area contributed by atoms with E-state index in [0.29, 0.717) is 0 Å². The van der Waals surface area contributed by atoms with Gasteiger partial charge in [0.15, 0.2) is 0 Å². The molecular weight excluding hydrogens is 264 g/mol. The van der Waals surface area contributed by atoms with Gasteiger partial charge >= 0.3 is 6.03 Å². The zero-order valence-electron chi connectivity index (χ0n) is 13.0. The van der Waals surface area contributed by atoms with Crippen LogP contribution in [-0.4, -0.2) is 43.7 Å². The standard InChI is InChI=1S/C16H26N4O/c1-3-10-20-11-8-15(9-12-20)19-16(21)18-14-6-4-13(17-2)5-7-14/h4-7,15,17H,3,8-12H2,1-2H3,(H2,18,19,21). The molecule has 0 aliphatic carbocycles. The number of hydrogen-bond donors (Lipinski definition) is 3. The monoisotopic (exact) mass is 290 g/mol. The summed E-state index contributed by atoms with van der Waals surface area (Å²) in [6.45, 7) is 5.53. The molecule has 0 aromatic heterocycles. The van der Waals surface area contributed by atoms with Crippen LogP contribution >= 0.6 is 0 Å². The number of piperidine rings is 1. The van der Waals surface area contributed by atoms with Crippen LogP contribution in [0.15, 0.2) is 24.3 Å². The summed E-state index contributed by atoms with van der Waals surface area (Å²) in [6, 6.07) is 7.86. The van der Waals surface area contributed by atoms with Crippen LogP contribution in [0, 0.1) is 0 Å². The maximum Gasteiger partial charge on any atom is 0.319 e. The average molecular weight is 290 g/mol. The van der Waals surface area contributed by atoms with Crippen LogP contribution in [0.4, 0.5) is 16.2 Å². The van der Waals surface area contributed by atoms with E-state index in [1.807, 2.05) is 31.3 Å². The molecule has 1 aliphatic heterocycles. The fourth-order valence-electron chi connectivity index (χ4n) is 2.69. The molecule has 2 amide bonds. The van der Waals surface area contributed by atoms with Gasteiger partial charge in [0.05, 0.1) is 0 Å². The molecule has 1 aromatic rings. The van der Waals surface area contributed by atoms with E-state index in [1.165, 1.54) is 6.42 Å². The van der Waals surface area contributed by atoms with Gasteiger partial charge in [0.2, 0.25) is 0 Å². The van der Waals surface area contributed by atoms with Gasteiger partial charge in [-0.25, -0.2) is 4.79 Å². The fraction of sp³-hybridized carbons (Fsp3) is 0.562. The third-order valence-electron chi connectivity index (χ3n) is 3.89. The van der Waals surface area contributed by atoms with Crippen molar-refractivity contribution in [3.05, 3.63) is 24.3 Å². The van der Waals surface area contributed by atoms with E-state index in [4.69, 9.17) is 0 Å². The summed E-state index contributed by atoms with van der Waals surface area (Å²) < 4.78 is 0. The van der Waals surface area contributed by atoms with Crippen LogP contribution in [0.1, 0.15) is 26.2 Å². The highest BCUT2D eigenvalue weighted by Gasteiger charge is 2.19. The van der Waals surface area contributed by atoms with Crippen molar-refractivity contribution in [3.63, 3.8) is 0 Å². The Balaban J connectivity index is 1.74. The minimum atomic E-state index is -0.110. The number of carbonyl (C=O) groups excluding carboxylic acids is 1. The van der Waals surface area contributed by atoms with E-state index in [-0.39, 0.29) is 12.1 Å². The number of rotatable bonds is 5. The summed E-state index contributed by atoms with van der Waals surface area (Å²) in [6.07, 6.45) is 3.26. The summed E-state index contributed by atoms with van der Waals surface area (Å²) in [5.41, 5.74) is 1.85. The lowest BCUT2D eigenvalue weighted by atomic mass is 10.1. The number of carbonyl (C=O) groups is 1. The first-order valence-electron chi connectivity index (χ1n) is 7.79. The van der Waals surface area contributed by atoms with Crippen molar-refractivity contribution in [2.24, 2.45) is 0 Å². The summed E-state index contributed by atoms with van der Waals surface area (Å²) in [5.74, 6) is 0. The van der Waals surface area contributed by atoms with Crippen molar-refractivity contribution in [1.29, 1.82) is 0 Å². The molecule has 0 spiro atoms. The van der Waals surface area contributed by atoms with Crippen LogP contribution in [-0.2, 0) is 0 Å². The number of urea groups is 1. The van der Waals surface area contributed by atoms with Crippen LogP contribution in [0.3, 0.4) is 0 Å². The zero-order valence-corrected chi connectivity index (χ0v) is 13.0. The van der Waals surface area contributed by atoms with Gasteiger partial charge < -0.3 is 20.9 Å². The van der Waals surface area contributed by atoms with Gasteiger partial charge in [-0.05, 0) is 50.1 Å². The van der Waals surface area contributed by atoms with Crippen molar-refractivity contribution < 1.29 is 4.79 Å². The highest BCUT2D eigenvalue weighted by Crippen LogP contribution is 2.14. The Morgan fingerprint density at radius 2 is 1.81 bits per heavy atom. The van der Waals surface area contributed by atoms with E-state index in [0.717, 1.165) is 43.9 Å². The Bertz CT molecular complexity index is 438. The molecule has 1 heterocycles. The Morgan fingerprint density at radius 1 is 1.19 bits per heavy atom. The molecule has 5 nitrogen and oxygen atoms in total. The molecule has 0 atom stereocenters. The van der Waals surface area contributed by atoms with E-state index < -0.39 is 0 Å². The average Bonchev–Trinajstić information content (AvgIpc) is 2.50. The SMILES string of the molecule is CCCN1CCC(NC(=O)Nc2ccc(NC)cc2)CC1. The fourth-order valence-corrected chi connectivity index (χ4v) is 2.69. The summed E-state index contributed by atoms with van der Waals surface area (Å²) >= 11 is 0. The molecule has 0 bridgehead atoms. The van der Waals surface area contributed by atoms with Crippen LogP contribution in [0.5, 0.6) is 0 Å². The molecule has 0 unspecified atom stereocenters. The minimum absolute atomic E-state index is 0.110. The summed E-state index contributed by atoms with van der Waals surface area (Å²) in [5, 5.41) is 9.01. The second kappa shape index (κ2) is 7.88. The predicted octanol–water partition coefficient (Wildman–Crippen LogP) is 2.72. The van der Waals surface area contributed by atoms with E-state index >= 15 is 0 Å². The number of nitrogens with zero attached hydrogens (tertiary/aromatic N) is 1. The van der Waals surface area contributed by atoms with Gasteiger partial charge in [-0.15, -0.1) is 0 Å². The number of amides is 2. The zero-order chi connectivity index (χ0) is 15.1. The molecule has 1 fully saturated rings. The molecule has 1 aromatic carbocycles. The Morgan fingerprint density at radius 3 is 2.38 bits per heavy atom. The number of benzene rings is 1. The van der Waals surface area contributed by atoms with Gasteiger partial charge in [-0.1, -0.05) is 6.92 Å². The van der Waals surface area contributed by atoms with Crippen LogP contribution < -0.4 is 16.0 Å². The van der Waals surface area contributed by atoms with Gasteiger partial charge in [0.25, 0.3) is 0 Å². The first-order chi connectivity index (χ1) is 10.2. The first-order valence-corrected chi connectivity index (χ1v) is 7.79. The number of hydrogen-bond acceptors (Lipinski definition) is 3. The van der Waals surface area contributed by atoms with Gasteiger partial charge in [0, 0.05) is 37.6 Å². The predicted molar refractivity (Wildman–Crippen MR) is 87.9 cm³/mol. The molecule has 5 heteroatoms. The van der Waals surface area contributed by atoms with Crippen molar-refractivity contribution in [1.82, 2.24) is 10.2 Å². The highest BCUT2D eigenvalue weighted by atomic mass is 16.2. The van der Waals surface area contributed by atoms with Crippen LogP contribution in [0.25, 0.3) is 0 Å². The molecule has 21 heavy (non-hydrogen) atoms. The van der Waals surface area contributed by atoms with Crippen molar-refractivity contribution in [2.45, 2.75) is 32.2 Å². The molecule has 2 rings (SSSR count). The quantitative estimate of drug-likeness (QED) is 0.781. The molecule has 0 radical (unpaired) electrons. The Hall–Kier alpha value is -1.75. The molecule has 116 valence electrons. The second-order valence-corrected chi connectivity index (χ2v) is 5.54. The van der Waals surface area contributed by atoms with E-state index in [2.05, 4.69) is 27.8 Å². The summed E-state index contributed by atoms with van der Waals surface area (Å²) in [7, 11) is 1.88. The highest BCUT2D eigenvalue weighted by molar-refractivity contribution is 5.89. The third kappa shape index (κ3) is 4.93. The molecule has 0 saturated carbocycles. The topological polar surface area (TPSA) is 56.4 Å². The number of nitrogens with one attached hydrogen (secondary N) is 3. The smallest absolute Gasteiger partial charge is 0.319 e. The third-order valence-corrected chi connectivity index (χ3v) is 3.89.